The first-order chi connectivity index (χ1) is 20.2. The maximum Gasteiger partial charge on any atom is 0.271 e. The summed E-state index contributed by atoms with van der Waals surface area (Å²) in [7, 11) is -2.87. The van der Waals surface area contributed by atoms with Crippen molar-refractivity contribution in [2.45, 2.75) is 23.9 Å². The van der Waals surface area contributed by atoms with Crippen molar-refractivity contribution >= 4 is 33.2 Å². The summed E-state index contributed by atoms with van der Waals surface area (Å²) in [5.74, 6) is -1.08. The van der Waals surface area contributed by atoms with Gasteiger partial charge in [0.1, 0.15) is 12.6 Å². The molecule has 0 radical (unpaired) electrons. The second-order valence-corrected chi connectivity index (χ2v) is 11.3. The number of anilines is 1. The van der Waals surface area contributed by atoms with E-state index in [4.69, 9.17) is 0 Å². The van der Waals surface area contributed by atoms with Crippen LogP contribution in [0.4, 0.5) is 11.4 Å². The summed E-state index contributed by atoms with van der Waals surface area (Å²) in [6.07, 6.45) is 0.182. The number of hydrogen-bond donors (Lipinski definition) is 1. The SMILES string of the molecule is CNC(=O)[C@H](Cc1ccccc1)N(Cc1ccccc1)C(=O)CN(c1cccc([N+](=O)[O-])c1)S(=O)(=O)c1ccccc1. The van der Waals surface area contributed by atoms with E-state index in [0.29, 0.717) is 0 Å². The van der Waals surface area contributed by atoms with Crippen molar-refractivity contribution in [3.63, 3.8) is 0 Å². The third-order valence-electron chi connectivity index (χ3n) is 6.65. The Balaban J connectivity index is 1.80. The Bertz CT molecular complexity index is 1630. The van der Waals surface area contributed by atoms with Crippen LogP contribution in [0.2, 0.25) is 0 Å². The number of benzene rings is 4. The lowest BCUT2D eigenvalue weighted by Gasteiger charge is -2.33. The first kappa shape index (κ1) is 29.9. The fraction of sp³-hybridized carbons (Fsp3) is 0.161. The van der Waals surface area contributed by atoms with Gasteiger partial charge in [-0.1, -0.05) is 84.9 Å². The Labute approximate surface area is 244 Å². The molecule has 0 aliphatic carbocycles. The smallest absolute Gasteiger partial charge is 0.271 e. The van der Waals surface area contributed by atoms with E-state index < -0.39 is 39.3 Å². The second kappa shape index (κ2) is 13.6. The molecule has 0 aromatic heterocycles. The molecule has 1 atom stereocenters. The van der Waals surface area contributed by atoms with E-state index in [1.54, 1.807) is 30.3 Å². The second-order valence-electron chi connectivity index (χ2n) is 9.43. The Morgan fingerprint density at radius 2 is 1.40 bits per heavy atom. The lowest BCUT2D eigenvalue weighted by atomic mass is 10.0. The summed E-state index contributed by atoms with van der Waals surface area (Å²) >= 11 is 0. The number of amides is 2. The fourth-order valence-electron chi connectivity index (χ4n) is 4.51. The number of non-ortho nitro benzene ring substituents is 1. The Morgan fingerprint density at radius 1 is 0.833 bits per heavy atom. The van der Waals surface area contributed by atoms with Crippen LogP contribution in [0.1, 0.15) is 11.1 Å². The van der Waals surface area contributed by atoms with E-state index in [-0.39, 0.29) is 29.2 Å². The molecule has 0 fully saturated rings. The minimum atomic E-state index is -4.35. The highest BCUT2D eigenvalue weighted by Gasteiger charge is 2.34. The van der Waals surface area contributed by atoms with Gasteiger partial charge >= 0.3 is 0 Å². The van der Waals surface area contributed by atoms with Gasteiger partial charge in [0.25, 0.3) is 15.7 Å². The maximum absolute atomic E-state index is 14.2. The molecule has 0 saturated heterocycles. The molecule has 216 valence electrons. The molecule has 0 saturated carbocycles. The lowest BCUT2D eigenvalue weighted by molar-refractivity contribution is -0.384. The predicted molar refractivity (Wildman–Crippen MR) is 159 cm³/mol. The highest BCUT2D eigenvalue weighted by atomic mass is 32.2. The molecule has 4 aromatic carbocycles. The van der Waals surface area contributed by atoms with Crippen molar-refractivity contribution in [2.75, 3.05) is 17.9 Å². The number of nitrogens with zero attached hydrogens (tertiary/aromatic N) is 3. The number of carbonyl (C=O) groups excluding carboxylic acids is 2. The van der Waals surface area contributed by atoms with E-state index in [2.05, 4.69) is 5.32 Å². The van der Waals surface area contributed by atoms with Gasteiger partial charge in [0.05, 0.1) is 15.5 Å². The first-order valence-corrected chi connectivity index (χ1v) is 14.6. The Hall–Kier alpha value is -5.03. The predicted octanol–water partition coefficient (Wildman–Crippen LogP) is 4.18. The molecular formula is C31H30N4O6S. The molecule has 4 rings (SSSR count). The van der Waals surface area contributed by atoms with Crippen LogP contribution >= 0.6 is 0 Å². The van der Waals surface area contributed by atoms with Gasteiger partial charge in [-0.3, -0.25) is 24.0 Å². The van der Waals surface area contributed by atoms with Crippen molar-refractivity contribution < 1.29 is 22.9 Å². The molecule has 0 spiro atoms. The molecule has 1 N–H and O–H groups in total. The van der Waals surface area contributed by atoms with Crippen LogP contribution < -0.4 is 9.62 Å². The molecule has 2 amide bonds. The number of nitro groups is 1. The number of nitro benzene ring substituents is 1. The summed E-state index contributed by atoms with van der Waals surface area (Å²) in [6, 6.07) is 29.9. The van der Waals surface area contributed by atoms with Gasteiger partial charge < -0.3 is 10.2 Å². The number of carbonyl (C=O) groups is 2. The van der Waals surface area contributed by atoms with Gasteiger partial charge in [0.15, 0.2) is 0 Å². The van der Waals surface area contributed by atoms with E-state index >= 15 is 0 Å². The molecular weight excluding hydrogens is 556 g/mol. The summed E-state index contributed by atoms with van der Waals surface area (Å²) in [6.45, 7) is -0.674. The zero-order chi connectivity index (χ0) is 30.1. The van der Waals surface area contributed by atoms with Crippen LogP contribution in [0.25, 0.3) is 0 Å². The summed E-state index contributed by atoms with van der Waals surface area (Å²) in [4.78, 5) is 39.6. The zero-order valence-electron chi connectivity index (χ0n) is 22.9. The van der Waals surface area contributed by atoms with Crippen LogP contribution in [-0.2, 0) is 32.6 Å². The normalized spacial score (nSPS) is 11.7. The van der Waals surface area contributed by atoms with E-state index in [9.17, 15) is 28.1 Å². The van der Waals surface area contributed by atoms with Crippen molar-refractivity contribution in [1.82, 2.24) is 10.2 Å². The van der Waals surface area contributed by atoms with Gasteiger partial charge in [-0.15, -0.1) is 0 Å². The third-order valence-corrected chi connectivity index (χ3v) is 8.44. The highest BCUT2D eigenvalue weighted by molar-refractivity contribution is 7.92. The quantitative estimate of drug-likeness (QED) is 0.196. The van der Waals surface area contributed by atoms with Crippen molar-refractivity contribution in [1.29, 1.82) is 0 Å². The minimum absolute atomic E-state index is 0.0265. The average molecular weight is 587 g/mol. The molecule has 0 aliphatic heterocycles. The number of hydrogen-bond acceptors (Lipinski definition) is 6. The number of rotatable bonds is 12. The van der Waals surface area contributed by atoms with Crippen LogP contribution in [0.5, 0.6) is 0 Å². The molecule has 10 nitrogen and oxygen atoms in total. The van der Waals surface area contributed by atoms with Crippen LogP contribution in [0.3, 0.4) is 0 Å². The lowest BCUT2D eigenvalue weighted by Crippen LogP contribution is -2.53. The van der Waals surface area contributed by atoms with E-state index in [0.717, 1.165) is 21.5 Å². The average Bonchev–Trinajstić information content (AvgIpc) is 3.02. The zero-order valence-corrected chi connectivity index (χ0v) is 23.7. The largest absolute Gasteiger partial charge is 0.357 e. The van der Waals surface area contributed by atoms with Crippen LogP contribution in [-0.4, -0.2) is 49.7 Å². The topological polar surface area (TPSA) is 130 Å². The van der Waals surface area contributed by atoms with Crippen LogP contribution in [0.15, 0.2) is 120 Å². The van der Waals surface area contributed by atoms with Crippen molar-refractivity contribution in [2.24, 2.45) is 0 Å². The standard InChI is InChI=1S/C31H30N4O6S/c1-32-31(37)29(20-24-12-5-2-6-13-24)33(22-25-14-7-3-8-15-25)30(36)23-34(26-16-11-17-27(21-26)35(38)39)42(40,41)28-18-9-4-10-19-28/h2-19,21,29H,20,22-23H2,1H3,(H,32,37)/t29-/m0/s1. The van der Waals surface area contributed by atoms with Gasteiger partial charge in [0, 0.05) is 32.1 Å². The van der Waals surface area contributed by atoms with Crippen molar-refractivity contribution in [3.05, 3.63) is 137 Å². The molecule has 4 aromatic rings. The molecule has 11 heteroatoms. The Morgan fingerprint density at radius 3 is 1.98 bits per heavy atom. The monoisotopic (exact) mass is 586 g/mol. The van der Waals surface area contributed by atoms with Gasteiger partial charge in [-0.25, -0.2) is 8.42 Å². The van der Waals surface area contributed by atoms with Crippen molar-refractivity contribution in [3.8, 4) is 0 Å². The minimum Gasteiger partial charge on any atom is -0.357 e. The highest BCUT2D eigenvalue weighted by Crippen LogP contribution is 2.28. The van der Waals surface area contributed by atoms with Gasteiger partial charge in [-0.05, 0) is 29.3 Å². The maximum atomic E-state index is 14.2. The molecule has 0 bridgehead atoms. The Kier molecular flexibility index (Phi) is 9.66. The van der Waals surface area contributed by atoms with E-state index in [1.807, 2.05) is 48.5 Å². The number of sulfonamides is 1. The molecule has 0 aliphatic rings. The van der Waals surface area contributed by atoms with E-state index in [1.165, 1.54) is 42.3 Å². The summed E-state index contributed by atoms with van der Waals surface area (Å²) in [5, 5.41) is 14.1. The summed E-state index contributed by atoms with van der Waals surface area (Å²) < 4.78 is 28.6. The molecule has 0 heterocycles. The van der Waals surface area contributed by atoms with Gasteiger partial charge in [0.2, 0.25) is 11.8 Å². The number of nitrogens with one attached hydrogen (secondary N) is 1. The van der Waals surface area contributed by atoms with Gasteiger partial charge in [-0.2, -0.15) is 0 Å². The fourth-order valence-corrected chi connectivity index (χ4v) is 5.94. The number of likely N-dealkylation sites (N-methyl/N-ethyl adjacent to an activating group) is 1. The summed E-state index contributed by atoms with van der Waals surface area (Å²) in [5.41, 5.74) is 1.16. The first-order valence-electron chi connectivity index (χ1n) is 13.1. The van der Waals surface area contributed by atoms with Crippen LogP contribution in [0, 0.1) is 10.1 Å². The third kappa shape index (κ3) is 7.18. The molecule has 42 heavy (non-hydrogen) atoms. The molecule has 0 unspecified atom stereocenters.